The van der Waals surface area contributed by atoms with Crippen LogP contribution in [0.1, 0.15) is 20.7 Å². The van der Waals surface area contributed by atoms with Gasteiger partial charge in [0.1, 0.15) is 16.9 Å². The normalized spacial score (nSPS) is 10.4. The van der Waals surface area contributed by atoms with Gasteiger partial charge in [0.15, 0.2) is 0 Å². The molecule has 0 aliphatic rings. The second-order valence-electron chi connectivity index (χ2n) is 5.19. The third kappa shape index (κ3) is 3.35. The van der Waals surface area contributed by atoms with Crippen molar-refractivity contribution < 1.29 is 23.8 Å². The summed E-state index contributed by atoms with van der Waals surface area (Å²) in [6.07, 6.45) is 0. The van der Waals surface area contributed by atoms with E-state index in [0.29, 0.717) is 22.4 Å². The lowest BCUT2D eigenvalue weighted by Gasteiger charge is -2.06. The summed E-state index contributed by atoms with van der Waals surface area (Å²) in [7, 11) is 1.50. The topological polar surface area (TPSA) is 106 Å². The Bertz CT molecular complexity index is 1020. The number of rotatable bonds is 4. The number of aromatic carboxylic acids is 1. The molecule has 2 N–H and O–H groups in total. The molecule has 25 heavy (non-hydrogen) atoms. The van der Waals surface area contributed by atoms with E-state index in [4.69, 9.17) is 14.3 Å². The Hall–Kier alpha value is -3.61. The van der Waals surface area contributed by atoms with Crippen molar-refractivity contribution in [3.05, 3.63) is 70.1 Å². The van der Waals surface area contributed by atoms with Gasteiger partial charge in [-0.05, 0) is 42.5 Å². The van der Waals surface area contributed by atoms with Crippen LogP contribution in [-0.2, 0) is 0 Å². The van der Waals surface area contributed by atoms with Crippen LogP contribution >= 0.6 is 0 Å². The predicted octanol–water partition coefficient (Wildman–Crippen LogP) is 2.75. The van der Waals surface area contributed by atoms with Gasteiger partial charge in [-0.3, -0.25) is 4.79 Å². The van der Waals surface area contributed by atoms with Crippen LogP contribution in [0, 0.1) is 0 Å². The number of anilines is 1. The zero-order valence-electron chi connectivity index (χ0n) is 13.1. The van der Waals surface area contributed by atoms with Crippen molar-refractivity contribution in [3.63, 3.8) is 0 Å². The number of carboxylic acids is 1. The summed E-state index contributed by atoms with van der Waals surface area (Å²) in [5.41, 5.74) is -0.159. The highest BCUT2D eigenvalue weighted by atomic mass is 16.5. The van der Waals surface area contributed by atoms with Gasteiger partial charge in [-0.1, -0.05) is 0 Å². The minimum absolute atomic E-state index is 0.0946. The Kier molecular flexibility index (Phi) is 4.21. The smallest absolute Gasteiger partial charge is 0.349 e. The maximum absolute atomic E-state index is 12.3. The molecule has 1 heterocycles. The average Bonchev–Trinajstić information content (AvgIpc) is 2.60. The molecule has 7 heteroatoms. The molecule has 0 aliphatic carbocycles. The number of ether oxygens (including phenoxy) is 1. The third-order valence-corrected chi connectivity index (χ3v) is 3.58. The maximum Gasteiger partial charge on any atom is 0.349 e. The molecule has 126 valence electrons. The van der Waals surface area contributed by atoms with E-state index in [0.717, 1.165) is 0 Å². The van der Waals surface area contributed by atoms with Gasteiger partial charge in [-0.2, -0.15) is 0 Å². The van der Waals surface area contributed by atoms with Gasteiger partial charge in [-0.25, -0.2) is 9.59 Å². The second-order valence-corrected chi connectivity index (χ2v) is 5.19. The van der Waals surface area contributed by atoms with Crippen LogP contribution in [0.3, 0.4) is 0 Å². The minimum Gasteiger partial charge on any atom is -0.497 e. The number of carboxylic acid groups (broad SMARTS) is 1. The number of nitrogens with one attached hydrogen (secondary N) is 1. The predicted molar refractivity (Wildman–Crippen MR) is 90.4 cm³/mol. The van der Waals surface area contributed by atoms with Gasteiger partial charge < -0.3 is 19.6 Å². The van der Waals surface area contributed by atoms with Gasteiger partial charge >= 0.3 is 11.6 Å². The molecular formula is C18H13NO6. The number of methoxy groups -OCH3 is 1. The molecule has 3 rings (SSSR count). The third-order valence-electron chi connectivity index (χ3n) is 3.58. The first kappa shape index (κ1) is 16.3. The van der Waals surface area contributed by atoms with Crippen LogP contribution < -0.4 is 15.7 Å². The minimum atomic E-state index is -1.07. The summed E-state index contributed by atoms with van der Waals surface area (Å²) < 4.78 is 10.2. The van der Waals surface area contributed by atoms with Crippen molar-refractivity contribution in [1.29, 1.82) is 0 Å². The largest absolute Gasteiger partial charge is 0.497 e. The Morgan fingerprint density at radius 3 is 2.44 bits per heavy atom. The molecule has 0 unspecified atom stereocenters. The van der Waals surface area contributed by atoms with E-state index in [1.807, 2.05) is 0 Å². The Morgan fingerprint density at radius 2 is 1.80 bits per heavy atom. The Balaban J connectivity index is 1.90. The van der Waals surface area contributed by atoms with Crippen molar-refractivity contribution in [1.82, 2.24) is 0 Å². The second kappa shape index (κ2) is 6.48. The van der Waals surface area contributed by atoms with E-state index >= 15 is 0 Å². The van der Waals surface area contributed by atoms with Gasteiger partial charge in [0, 0.05) is 17.1 Å². The van der Waals surface area contributed by atoms with Gasteiger partial charge in [0.05, 0.1) is 12.7 Å². The molecule has 0 saturated carbocycles. The molecule has 0 aliphatic heterocycles. The number of benzene rings is 2. The highest BCUT2D eigenvalue weighted by Crippen LogP contribution is 2.20. The fourth-order valence-corrected chi connectivity index (χ4v) is 2.27. The number of carbonyl (C=O) groups is 2. The van der Waals surface area contributed by atoms with Crippen molar-refractivity contribution in [2.75, 3.05) is 12.4 Å². The fourth-order valence-electron chi connectivity index (χ4n) is 2.27. The number of amides is 1. The van der Waals surface area contributed by atoms with E-state index in [2.05, 4.69) is 5.32 Å². The summed E-state index contributed by atoms with van der Waals surface area (Å²) >= 11 is 0. The van der Waals surface area contributed by atoms with E-state index in [1.54, 1.807) is 18.2 Å². The summed E-state index contributed by atoms with van der Waals surface area (Å²) in [6.45, 7) is 0. The standard InChI is InChI=1S/C18H13NO6/c1-24-13-7-4-11-8-14(18(23)25-15(11)9-13)16(20)19-12-5-2-10(3-6-12)17(21)22/h2-9H,1H3,(H,19,20)(H,21,22). The molecule has 0 radical (unpaired) electrons. The van der Waals surface area contributed by atoms with Crippen LogP contribution in [0.25, 0.3) is 11.0 Å². The van der Waals surface area contributed by atoms with Crippen LogP contribution in [0.5, 0.6) is 5.75 Å². The summed E-state index contributed by atoms with van der Waals surface area (Å²) in [4.78, 5) is 35.2. The first-order valence-corrected chi connectivity index (χ1v) is 7.24. The molecule has 0 saturated heterocycles. The van der Waals surface area contributed by atoms with E-state index in [1.165, 1.54) is 37.4 Å². The van der Waals surface area contributed by atoms with Crippen LogP contribution in [-0.4, -0.2) is 24.1 Å². The monoisotopic (exact) mass is 339 g/mol. The summed E-state index contributed by atoms with van der Waals surface area (Å²) in [5.74, 6) is -1.18. The molecule has 1 aromatic heterocycles. The summed E-state index contributed by atoms with van der Waals surface area (Å²) in [6, 6.07) is 11.9. The van der Waals surface area contributed by atoms with Crippen molar-refractivity contribution >= 4 is 28.5 Å². The quantitative estimate of drug-likeness (QED) is 0.708. The Morgan fingerprint density at radius 1 is 1.08 bits per heavy atom. The molecule has 0 fully saturated rings. The first-order valence-electron chi connectivity index (χ1n) is 7.24. The fraction of sp³-hybridized carbons (Fsp3) is 0.0556. The van der Waals surface area contributed by atoms with Crippen molar-refractivity contribution in [2.24, 2.45) is 0 Å². The number of carbonyl (C=O) groups excluding carboxylic acids is 1. The zero-order chi connectivity index (χ0) is 18.0. The van der Waals surface area contributed by atoms with Gasteiger partial charge in [0.25, 0.3) is 5.91 Å². The summed E-state index contributed by atoms with van der Waals surface area (Å²) in [5, 5.41) is 12.0. The highest BCUT2D eigenvalue weighted by molar-refractivity contribution is 6.05. The van der Waals surface area contributed by atoms with Gasteiger partial charge in [0.2, 0.25) is 0 Å². The molecule has 1 amide bonds. The molecule has 0 bridgehead atoms. The number of fused-ring (bicyclic) bond motifs is 1. The SMILES string of the molecule is COc1ccc2cc(C(=O)Nc3ccc(C(=O)O)cc3)c(=O)oc2c1. The molecule has 0 atom stereocenters. The van der Waals surface area contributed by atoms with Crippen molar-refractivity contribution in [2.45, 2.75) is 0 Å². The number of hydrogen-bond acceptors (Lipinski definition) is 5. The van der Waals surface area contributed by atoms with E-state index in [9.17, 15) is 14.4 Å². The molecule has 3 aromatic rings. The molecule has 2 aromatic carbocycles. The molecular weight excluding hydrogens is 326 g/mol. The van der Waals surface area contributed by atoms with Crippen LogP contribution in [0.2, 0.25) is 0 Å². The lowest BCUT2D eigenvalue weighted by Crippen LogP contribution is -2.20. The lowest BCUT2D eigenvalue weighted by atomic mass is 10.1. The molecule has 7 nitrogen and oxygen atoms in total. The lowest BCUT2D eigenvalue weighted by molar-refractivity contribution is 0.0696. The van der Waals surface area contributed by atoms with E-state index in [-0.39, 0.29) is 11.1 Å². The first-order chi connectivity index (χ1) is 12.0. The molecule has 0 spiro atoms. The average molecular weight is 339 g/mol. The Labute approximate surface area is 141 Å². The van der Waals surface area contributed by atoms with Gasteiger partial charge in [-0.15, -0.1) is 0 Å². The highest BCUT2D eigenvalue weighted by Gasteiger charge is 2.14. The van der Waals surface area contributed by atoms with Crippen molar-refractivity contribution in [3.8, 4) is 5.75 Å². The van der Waals surface area contributed by atoms with E-state index < -0.39 is 17.5 Å². The maximum atomic E-state index is 12.3. The van der Waals surface area contributed by atoms with Crippen LogP contribution in [0.4, 0.5) is 5.69 Å². The number of hydrogen-bond donors (Lipinski definition) is 2. The zero-order valence-corrected chi connectivity index (χ0v) is 13.1. The van der Waals surface area contributed by atoms with Crippen LogP contribution in [0.15, 0.2) is 57.7 Å².